The molecule has 0 aromatic heterocycles. The van der Waals surface area contributed by atoms with E-state index in [0.29, 0.717) is 10.6 Å². The van der Waals surface area contributed by atoms with Gasteiger partial charge in [-0.15, -0.1) is 0 Å². The lowest BCUT2D eigenvalue weighted by Crippen LogP contribution is -2.21. The molecule has 0 aliphatic heterocycles. The molecule has 0 aliphatic rings. The van der Waals surface area contributed by atoms with E-state index in [1.165, 1.54) is 0 Å². The lowest BCUT2D eigenvalue weighted by atomic mass is 10.2. The van der Waals surface area contributed by atoms with E-state index in [1.54, 1.807) is 17.8 Å². The van der Waals surface area contributed by atoms with Crippen LogP contribution in [-0.4, -0.2) is 31.9 Å². The minimum absolute atomic E-state index is 0.513. The van der Waals surface area contributed by atoms with E-state index >= 15 is 0 Å². The summed E-state index contributed by atoms with van der Waals surface area (Å²) in [5, 5.41) is 0.513. The molecule has 1 aromatic carbocycles. The maximum absolute atomic E-state index is 10.9. The van der Waals surface area contributed by atoms with Crippen LogP contribution in [0, 0.1) is 0 Å². The van der Waals surface area contributed by atoms with Crippen LogP contribution in [0.15, 0.2) is 18.2 Å². The normalized spacial score (nSPS) is 10.1. The lowest BCUT2D eigenvalue weighted by molar-refractivity contribution is 0.112. The summed E-state index contributed by atoms with van der Waals surface area (Å²) in [6.07, 6.45) is 2.87. The van der Waals surface area contributed by atoms with Gasteiger partial charge < -0.3 is 4.90 Å². The number of rotatable bonds is 5. The van der Waals surface area contributed by atoms with Crippen LogP contribution in [0.4, 0.5) is 5.69 Å². The molecular formula is C11H14ClNOS. The summed E-state index contributed by atoms with van der Waals surface area (Å²) in [7, 11) is 1.97. The van der Waals surface area contributed by atoms with Gasteiger partial charge in [-0.3, -0.25) is 4.79 Å². The van der Waals surface area contributed by atoms with Gasteiger partial charge in [-0.25, -0.2) is 0 Å². The lowest BCUT2D eigenvalue weighted by Gasteiger charge is -2.20. The van der Waals surface area contributed by atoms with Gasteiger partial charge in [0, 0.05) is 25.0 Å². The maximum atomic E-state index is 10.9. The molecule has 0 heterocycles. The average molecular weight is 244 g/mol. The first-order valence-electron chi connectivity index (χ1n) is 4.64. The van der Waals surface area contributed by atoms with Crippen molar-refractivity contribution in [2.24, 2.45) is 0 Å². The molecule has 0 atom stereocenters. The molecule has 0 spiro atoms. The van der Waals surface area contributed by atoms with Crippen molar-refractivity contribution < 1.29 is 4.79 Å². The second-order valence-corrected chi connectivity index (χ2v) is 4.60. The number of hydrogen-bond donors (Lipinski definition) is 0. The minimum Gasteiger partial charge on any atom is -0.373 e. The second kappa shape index (κ2) is 6.03. The van der Waals surface area contributed by atoms with Crippen molar-refractivity contribution >= 4 is 35.3 Å². The van der Waals surface area contributed by atoms with Crippen molar-refractivity contribution in [1.82, 2.24) is 0 Å². The molecule has 0 fully saturated rings. The van der Waals surface area contributed by atoms with Gasteiger partial charge in [0.15, 0.2) is 6.29 Å². The van der Waals surface area contributed by atoms with Crippen LogP contribution >= 0.6 is 23.4 Å². The molecule has 2 nitrogen and oxygen atoms in total. The van der Waals surface area contributed by atoms with Crippen molar-refractivity contribution in [2.45, 2.75) is 0 Å². The molecule has 0 saturated heterocycles. The predicted octanol–water partition coefficient (Wildman–Crippen LogP) is 2.95. The smallest absolute Gasteiger partial charge is 0.153 e. The molecule has 0 saturated carbocycles. The van der Waals surface area contributed by atoms with E-state index in [4.69, 9.17) is 11.6 Å². The van der Waals surface area contributed by atoms with Gasteiger partial charge in [-0.2, -0.15) is 11.8 Å². The zero-order valence-corrected chi connectivity index (χ0v) is 10.4. The standard InChI is InChI=1S/C11H14ClNOS/c1-13(6-7-15-2)11-5-3-4-10(12)9(11)8-14/h3-5,8H,6-7H2,1-2H3. The third kappa shape index (κ3) is 3.14. The van der Waals surface area contributed by atoms with Gasteiger partial charge in [0.05, 0.1) is 10.6 Å². The first-order chi connectivity index (χ1) is 7.20. The maximum Gasteiger partial charge on any atom is 0.153 e. The van der Waals surface area contributed by atoms with Crippen molar-refractivity contribution in [1.29, 1.82) is 0 Å². The highest BCUT2D eigenvalue weighted by atomic mass is 35.5. The summed E-state index contributed by atoms with van der Waals surface area (Å²) >= 11 is 7.72. The van der Waals surface area contributed by atoms with Crippen molar-refractivity contribution in [2.75, 3.05) is 30.5 Å². The number of carbonyl (C=O) groups excluding carboxylic acids is 1. The first-order valence-corrected chi connectivity index (χ1v) is 6.41. The van der Waals surface area contributed by atoms with Crippen molar-refractivity contribution in [3.05, 3.63) is 28.8 Å². The number of thioether (sulfide) groups is 1. The Morgan fingerprint density at radius 3 is 2.87 bits per heavy atom. The monoisotopic (exact) mass is 243 g/mol. The Bertz CT molecular complexity index is 343. The summed E-state index contributed by atoms with van der Waals surface area (Å²) in [4.78, 5) is 13.0. The van der Waals surface area contributed by atoms with Crippen LogP contribution in [0.5, 0.6) is 0 Å². The Hall–Kier alpha value is -0.670. The third-order valence-electron chi connectivity index (χ3n) is 2.19. The fourth-order valence-corrected chi connectivity index (χ4v) is 1.99. The molecular weight excluding hydrogens is 230 g/mol. The molecule has 0 amide bonds. The molecule has 0 unspecified atom stereocenters. The average Bonchev–Trinajstić information content (AvgIpc) is 2.25. The molecule has 0 bridgehead atoms. The topological polar surface area (TPSA) is 20.3 Å². The Balaban J connectivity index is 2.92. The van der Waals surface area contributed by atoms with Crippen LogP contribution in [0.25, 0.3) is 0 Å². The largest absolute Gasteiger partial charge is 0.373 e. The van der Waals surface area contributed by atoms with Crippen LogP contribution in [0.2, 0.25) is 5.02 Å². The summed E-state index contributed by atoms with van der Waals surface area (Å²) in [6, 6.07) is 5.51. The number of aldehydes is 1. The molecule has 0 aliphatic carbocycles. The molecule has 1 rings (SSSR count). The zero-order valence-electron chi connectivity index (χ0n) is 8.87. The van der Waals surface area contributed by atoms with Gasteiger partial charge in [-0.05, 0) is 18.4 Å². The van der Waals surface area contributed by atoms with E-state index in [2.05, 4.69) is 6.26 Å². The Morgan fingerprint density at radius 2 is 2.27 bits per heavy atom. The number of benzene rings is 1. The van der Waals surface area contributed by atoms with Gasteiger partial charge in [0.1, 0.15) is 0 Å². The van der Waals surface area contributed by atoms with E-state index in [0.717, 1.165) is 24.3 Å². The molecule has 4 heteroatoms. The number of anilines is 1. The summed E-state index contributed by atoms with van der Waals surface area (Å²) in [5.41, 5.74) is 1.47. The zero-order chi connectivity index (χ0) is 11.3. The van der Waals surface area contributed by atoms with Crippen LogP contribution < -0.4 is 4.90 Å². The summed E-state index contributed by atoms with van der Waals surface area (Å²) in [6.45, 7) is 0.905. The number of carbonyl (C=O) groups is 1. The minimum atomic E-state index is 0.513. The molecule has 82 valence electrons. The number of halogens is 1. The Kier molecular flexibility index (Phi) is 4.99. The number of hydrogen-bond acceptors (Lipinski definition) is 3. The van der Waals surface area contributed by atoms with Crippen LogP contribution in [0.3, 0.4) is 0 Å². The first kappa shape index (κ1) is 12.4. The highest BCUT2D eigenvalue weighted by Crippen LogP contribution is 2.25. The fraction of sp³-hybridized carbons (Fsp3) is 0.364. The summed E-state index contributed by atoms with van der Waals surface area (Å²) < 4.78 is 0. The van der Waals surface area contributed by atoms with E-state index in [-0.39, 0.29) is 0 Å². The van der Waals surface area contributed by atoms with E-state index < -0.39 is 0 Å². The van der Waals surface area contributed by atoms with Crippen LogP contribution in [-0.2, 0) is 0 Å². The summed E-state index contributed by atoms with van der Waals surface area (Å²) in [5.74, 6) is 1.03. The third-order valence-corrected chi connectivity index (χ3v) is 3.11. The Labute approximate surface area is 99.6 Å². The SMILES string of the molecule is CSCCN(C)c1cccc(Cl)c1C=O. The van der Waals surface area contributed by atoms with E-state index in [1.807, 2.05) is 24.1 Å². The van der Waals surface area contributed by atoms with Gasteiger partial charge in [-0.1, -0.05) is 17.7 Å². The predicted molar refractivity (Wildman–Crippen MR) is 68.5 cm³/mol. The highest BCUT2D eigenvalue weighted by Gasteiger charge is 2.09. The van der Waals surface area contributed by atoms with Crippen molar-refractivity contribution in [3.8, 4) is 0 Å². The molecule has 0 radical (unpaired) electrons. The molecule has 15 heavy (non-hydrogen) atoms. The van der Waals surface area contributed by atoms with E-state index in [9.17, 15) is 4.79 Å². The van der Waals surface area contributed by atoms with Gasteiger partial charge >= 0.3 is 0 Å². The van der Waals surface area contributed by atoms with Gasteiger partial charge in [0.25, 0.3) is 0 Å². The highest BCUT2D eigenvalue weighted by molar-refractivity contribution is 7.98. The fourth-order valence-electron chi connectivity index (χ4n) is 1.32. The molecule has 1 aromatic rings. The van der Waals surface area contributed by atoms with Gasteiger partial charge in [0.2, 0.25) is 0 Å². The quantitative estimate of drug-likeness (QED) is 0.742. The molecule has 0 N–H and O–H groups in total. The van der Waals surface area contributed by atoms with Crippen molar-refractivity contribution in [3.63, 3.8) is 0 Å². The number of nitrogens with zero attached hydrogens (tertiary/aromatic N) is 1. The van der Waals surface area contributed by atoms with Crippen LogP contribution in [0.1, 0.15) is 10.4 Å². The second-order valence-electron chi connectivity index (χ2n) is 3.20. The Morgan fingerprint density at radius 1 is 1.53 bits per heavy atom.